The third-order valence-electron chi connectivity index (χ3n) is 8.68. The second-order valence-electron chi connectivity index (χ2n) is 13.5. The minimum absolute atomic E-state index is 0.238. The maximum absolute atomic E-state index is 13.3. The van der Waals surface area contributed by atoms with Gasteiger partial charge in [0, 0.05) is 17.7 Å². The van der Waals surface area contributed by atoms with E-state index >= 15 is 0 Å². The van der Waals surface area contributed by atoms with E-state index in [4.69, 9.17) is 18.7 Å². The number of phenolic OH excluding ortho intramolecular Hbond substituents is 1. The van der Waals surface area contributed by atoms with E-state index in [1.807, 2.05) is 118 Å². The lowest BCUT2D eigenvalue weighted by Gasteiger charge is -2.20. The van der Waals surface area contributed by atoms with Gasteiger partial charge in [-0.2, -0.15) is 4.57 Å². The predicted octanol–water partition coefficient (Wildman–Crippen LogP) is 13.3. The molecule has 7 aromatic carbocycles. The van der Waals surface area contributed by atoms with E-state index in [9.17, 15) is 9.67 Å². The van der Waals surface area contributed by atoms with Crippen molar-refractivity contribution in [2.24, 2.45) is 0 Å². The molecule has 0 saturated carbocycles. The van der Waals surface area contributed by atoms with E-state index in [1.54, 1.807) is 49.4 Å². The third-order valence-corrected chi connectivity index (χ3v) is 9.98. The summed E-state index contributed by atoms with van der Waals surface area (Å²) < 4.78 is 34.7. The van der Waals surface area contributed by atoms with Crippen molar-refractivity contribution < 1.29 is 33.1 Å². The van der Waals surface area contributed by atoms with Crippen LogP contribution in [0, 0.1) is 20.8 Å². The van der Waals surface area contributed by atoms with Crippen molar-refractivity contribution in [2.45, 2.75) is 27.7 Å². The van der Waals surface area contributed by atoms with Crippen LogP contribution in [0.25, 0.3) is 39.5 Å². The lowest BCUT2D eigenvalue weighted by molar-refractivity contribution is 0.298. The first-order valence-corrected chi connectivity index (χ1v) is 20.8. The van der Waals surface area contributed by atoms with E-state index in [1.165, 1.54) is 0 Å². The molecule has 7 aromatic rings. The standard InChI is InChI=1S/C26H20O.C21H21O4P.C2H4O.C2H6O/c1-2-22-24(27)18-23(19-12-6-3-7-13-19)26(21-16-10-5-11-17-21)25(22)20-14-8-4-9-15-20;1-16-4-10-19(11-5-16)23-26(22,24-20-12-6-17(2)7-13-20)25-21-14-8-18(3)9-15-21;1-2-3-1;1-2-3/h2-18,27H,1H2;4-15H,1-3H3;1-2H2;3H,2H2,1H3. The highest BCUT2D eigenvalue weighted by molar-refractivity contribution is 7.49. The van der Waals surface area contributed by atoms with Crippen molar-refractivity contribution in [3.05, 3.63) is 199 Å². The maximum atomic E-state index is 13.3. The van der Waals surface area contributed by atoms with Gasteiger partial charge in [0.25, 0.3) is 0 Å². The Bertz CT molecular complexity index is 2250. The molecule has 0 atom stereocenters. The number of hydrogen-bond acceptors (Lipinski definition) is 7. The quantitative estimate of drug-likeness (QED) is 0.105. The number of benzene rings is 7. The van der Waals surface area contributed by atoms with Crippen LogP contribution in [-0.4, -0.2) is 30.0 Å². The molecule has 1 saturated heterocycles. The monoisotopic (exact) mass is 806 g/mol. The molecule has 1 fully saturated rings. The van der Waals surface area contributed by atoms with E-state index in [0.717, 1.165) is 68.8 Å². The van der Waals surface area contributed by atoms with Gasteiger partial charge in [0.15, 0.2) is 0 Å². The van der Waals surface area contributed by atoms with Gasteiger partial charge in [0.1, 0.15) is 23.0 Å². The summed E-state index contributed by atoms with van der Waals surface area (Å²) in [6.07, 6.45) is 1.74. The molecule has 0 spiro atoms. The number of hydrogen-bond donors (Lipinski definition) is 2. The molecule has 1 aliphatic rings. The average molecular weight is 807 g/mol. The Morgan fingerprint density at radius 2 is 0.898 bits per heavy atom. The summed E-state index contributed by atoms with van der Waals surface area (Å²) in [5.41, 5.74) is 10.3. The van der Waals surface area contributed by atoms with Gasteiger partial charge in [0.2, 0.25) is 0 Å². The molecule has 7 nitrogen and oxygen atoms in total. The Hall–Kier alpha value is -6.37. The van der Waals surface area contributed by atoms with E-state index in [-0.39, 0.29) is 12.4 Å². The first-order chi connectivity index (χ1) is 28.6. The first-order valence-electron chi connectivity index (χ1n) is 19.4. The van der Waals surface area contributed by atoms with Gasteiger partial charge in [-0.25, -0.2) is 0 Å². The number of aromatic hydroxyl groups is 1. The topological polar surface area (TPSA) is 97.8 Å². The maximum Gasteiger partial charge on any atom is 0.647 e. The van der Waals surface area contributed by atoms with Crippen LogP contribution < -0.4 is 13.6 Å². The first kappa shape index (κ1) is 43.7. The van der Waals surface area contributed by atoms with Gasteiger partial charge in [0.05, 0.1) is 13.2 Å². The van der Waals surface area contributed by atoms with Gasteiger partial charge >= 0.3 is 7.82 Å². The Labute approximate surface area is 348 Å². The molecule has 302 valence electrons. The minimum Gasteiger partial charge on any atom is -0.507 e. The Kier molecular flexibility index (Phi) is 16.3. The Morgan fingerprint density at radius 1 is 0.576 bits per heavy atom. The molecule has 0 bridgehead atoms. The highest BCUT2D eigenvalue weighted by atomic mass is 31.2. The molecule has 0 aliphatic carbocycles. The normalized spacial score (nSPS) is 11.2. The summed E-state index contributed by atoms with van der Waals surface area (Å²) >= 11 is 0. The minimum atomic E-state index is -3.93. The number of epoxide rings is 1. The molecule has 0 aromatic heterocycles. The van der Waals surface area contributed by atoms with Crippen molar-refractivity contribution in [1.29, 1.82) is 0 Å². The number of aryl methyl sites for hydroxylation is 3. The van der Waals surface area contributed by atoms with Crippen LogP contribution in [0.2, 0.25) is 0 Å². The number of phenols is 1. The lowest BCUT2D eigenvalue weighted by Crippen LogP contribution is -2.07. The van der Waals surface area contributed by atoms with Crippen molar-refractivity contribution in [3.8, 4) is 56.4 Å². The van der Waals surface area contributed by atoms with Crippen LogP contribution in [0.15, 0.2) is 176 Å². The Balaban J connectivity index is 0.000000197. The fourth-order valence-electron chi connectivity index (χ4n) is 5.79. The summed E-state index contributed by atoms with van der Waals surface area (Å²) in [4.78, 5) is 0. The number of aliphatic hydroxyl groups excluding tert-OH is 1. The van der Waals surface area contributed by atoms with Crippen LogP contribution in [0.4, 0.5) is 0 Å². The zero-order valence-corrected chi connectivity index (χ0v) is 34.8. The van der Waals surface area contributed by atoms with Gasteiger partial charge in [-0.05, 0) is 98.0 Å². The lowest BCUT2D eigenvalue weighted by atomic mass is 9.84. The molecule has 8 heteroatoms. The van der Waals surface area contributed by atoms with Crippen LogP contribution >= 0.6 is 7.82 Å². The highest BCUT2D eigenvalue weighted by Gasteiger charge is 2.33. The van der Waals surface area contributed by atoms with Gasteiger partial charge < -0.3 is 28.5 Å². The van der Waals surface area contributed by atoms with E-state index in [0.29, 0.717) is 17.2 Å². The third kappa shape index (κ3) is 13.3. The van der Waals surface area contributed by atoms with Crippen molar-refractivity contribution >= 4 is 13.9 Å². The number of phosphoric acid groups is 1. The largest absolute Gasteiger partial charge is 0.647 e. The smallest absolute Gasteiger partial charge is 0.507 e. The SMILES string of the molecule is C1CO1.C=Cc1c(O)cc(-c2ccccc2)c(-c2ccccc2)c1-c1ccccc1.CCO.Cc1ccc(OP(=O)(Oc2ccc(C)cc2)Oc2ccc(C)cc2)cc1. The van der Waals surface area contributed by atoms with Gasteiger partial charge in [-0.3, -0.25) is 0 Å². The highest BCUT2D eigenvalue weighted by Crippen LogP contribution is 2.50. The fraction of sp³-hybridized carbons (Fsp3) is 0.137. The molecule has 0 radical (unpaired) electrons. The molecule has 0 unspecified atom stereocenters. The number of ether oxygens (including phenoxy) is 1. The summed E-state index contributed by atoms with van der Waals surface area (Å²) in [6, 6.07) is 54.2. The molecular weight excluding hydrogens is 756 g/mol. The fourth-order valence-corrected chi connectivity index (χ4v) is 7.04. The predicted molar refractivity (Wildman–Crippen MR) is 241 cm³/mol. The number of phosphoric ester groups is 1. The molecular formula is C51H51O7P. The van der Waals surface area contributed by atoms with Crippen molar-refractivity contribution in [3.63, 3.8) is 0 Å². The summed E-state index contributed by atoms with van der Waals surface area (Å²) in [5, 5.41) is 18.4. The van der Waals surface area contributed by atoms with Gasteiger partial charge in [-0.1, -0.05) is 157 Å². The molecule has 1 heterocycles. The van der Waals surface area contributed by atoms with E-state index < -0.39 is 7.82 Å². The number of aliphatic hydroxyl groups is 1. The summed E-state index contributed by atoms with van der Waals surface area (Å²) in [5.74, 6) is 1.48. The second kappa shape index (κ2) is 22.0. The molecule has 59 heavy (non-hydrogen) atoms. The van der Waals surface area contributed by atoms with Crippen molar-refractivity contribution in [1.82, 2.24) is 0 Å². The van der Waals surface area contributed by atoms with Crippen LogP contribution in [0.3, 0.4) is 0 Å². The summed E-state index contributed by atoms with van der Waals surface area (Å²) in [6.45, 7) is 13.8. The second-order valence-corrected chi connectivity index (χ2v) is 14.9. The van der Waals surface area contributed by atoms with Crippen LogP contribution in [-0.2, 0) is 9.30 Å². The van der Waals surface area contributed by atoms with Crippen molar-refractivity contribution in [2.75, 3.05) is 19.8 Å². The molecule has 8 rings (SSSR count). The summed E-state index contributed by atoms with van der Waals surface area (Å²) in [7, 11) is -3.93. The average Bonchev–Trinajstić information content (AvgIpc) is 4.15. The Morgan fingerprint density at radius 3 is 1.22 bits per heavy atom. The van der Waals surface area contributed by atoms with Gasteiger partial charge in [-0.15, -0.1) is 0 Å². The zero-order chi connectivity index (χ0) is 42.0. The van der Waals surface area contributed by atoms with Crippen LogP contribution in [0.1, 0.15) is 29.2 Å². The zero-order valence-electron chi connectivity index (χ0n) is 34.0. The molecule has 2 N–H and O–H groups in total. The molecule has 1 aliphatic heterocycles. The van der Waals surface area contributed by atoms with Crippen LogP contribution in [0.5, 0.6) is 23.0 Å². The molecule has 0 amide bonds. The number of rotatable bonds is 10. The van der Waals surface area contributed by atoms with E-state index in [2.05, 4.69) is 47.7 Å².